The molecule has 1 atom stereocenters. The second-order valence-electron chi connectivity index (χ2n) is 7.82. The maximum Gasteiger partial charge on any atom is 0.269 e. The number of hydrogen-bond acceptors (Lipinski definition) is 6. The van der Waals surface area contributed by atoms with Crippen LogP contribution in [0.4, 0.5) is 5.69 Å². The molecule has 4 aromatic carbocycles. The molecule has 5 rings (SSSR count). The van der Waals surface area contributed by atoms with Crippen molar-refractivity contribution in [3.8, 4) is 0 Å². The van der Waals surface area contributed by atoms with Crippen LogP contribution in [-0.2, 0) is 4.79 Å². The van der Waals surface area contributed by atoms with E-state index in [1.165, 1.54) is 30.0 Å². The number of carbonyl (C=O) groups is 2. The molecule has 0 saturated heterocycles. The van der Waals surface area contributed by atoms with Gasteiger partial charge in [-0.05, 0) is 28.5 Å². The van der Waals surface area contributed by atoms with E-state index >= 15 is 0 Å². The fraction of sp³-hybridized carbons (Fsp3) is 0.0370. The lowest BCUT2D eigenvalue weighted by molar-refractivity contribution is -0.384. The Morgan fingerprint density at radius 2 is 1.41 bits per heavy atom. The molecule has 1 aliphatic rings. The van der Waals surface area contributed by atoms with Crippen molar-refractivity contribution in [2.75, 3.05) is 0 Å². The van der Waals surface area contributed by atoms with Gasteiger partial charge in [0.15, 0.2) is 0 Å². The highest BCUT2D eigenvalue weighted by Crippen LogP contribution is 2.46. The quantitative estimate of drug-likeness (QED) is 0.160. The Bertz CT molecular complexity index is 1510. The van der Waals surface area contributed by atoms with Gasteiger partial charge in [-0.2, -0.15) is 0 Å². The lowest BCUT2D eigenvalue weighted by Gasteiger charge is -2.25. The fourth-order valence-corrected chi connectivity index (χ4v) is 5.31. The average molecular weight is 468 g/mol. The molecule has 4 aromatic rings. The topological polar surface area (TPSA) is 97.5 Å². The number of non-ortho nitro benzene ring substituents is 1. The number of rotatable bonds is 5. The summed E-state index contributed by atoms with van der Waals surface area (Å²) >= 11 is 1.30. The van der Waals surface area contributed by atoms with Crippen LogP contribution in [0.3, 0.4) is 0 Å². The SMILES string of the molecule is O=C1C(=O)c2ccccc2C(O)=C1C(Sc1ccc2ccccc2c1)c1ccc([N+](=O)[O-])cc1. The van der Waals surface area contributed by atoms with Gasteiger partial charge in [0.05, 0.1) is 15.7 Å². The summed E-state index contributed by atoms with van der Waals surface area (Å²) in [6.45, 7) is 0. The number of aliphatic hydroxyl groups excluding tert-OH is 1. The van der Waals surface area contributed by atoms with E-state index in [0.717, 1.165) is 15.7 Å². The number of carbonyl (C=O) groups excluding carboxylic acids is 2. The van der Waals surface area contributed by atoms with E-state index in [9.17, 15) is 24.8 Å². The standard InChI is InChI=1S/C27H17NO5S/c29-24-21-7-3-4-8-22(21)25(30)26(31)23(24)27(17-9-12-19(13-10-17)28(32)33)34-20-14-11-16-5-1-2-6-18(16)15-20/h1-15,27,29H. The van der Waals surface area contributed by atoms with Gasteiger partial charge >= 0.3 is 0 Å². The molecule has 166 valence electrons. The number of ketones is 2. The van der Waals surface area contributed by atoms with Crippen LogP contribution in [0.2, 0.25) is 0 Å². The van der Waals surface area contributed by atoms with E-state index in [1.54, 1.807) is 30.3 Å². The third-order valence-corrected chi connectivity index (χ3v) is 7.05. The molecule has 0 bridgehead atoms. The molecular weight excluding hydrogens is 450 g/mol. The van der Waals surface area contributed by atoms with Crippen LogP contribution in [0.15, 0.2) is 101 Å². The van der Waals surface area contributed by atoms with Crippen LogP contribution >= 0.6 is 11.8 Å². The van der Waals surface area contributed by atoms with Crippen LogP contribution in [0, 0.1) is 10.1 Å². The minimum atomic E-state index is -0.784. The number of Topliss-reactive ketones (excluding diaryl/α,β-unsaturated/α-hetero) is 2. The van der Waals surface area contributed by atoms with Crippen LogP contribution in [-0.4, -0.2) is 21.6 Å². The Hall–Kier alpha value is -4.23. The van der Waals surface area contributed by atoms with E-state index in [-0.39, 0.29) is 22.6 Å². The van der Waals surface area contributed by atoms with Crippen molar-refractivity contribution >= 4 is 45.5 Å². The van der Waals surface area contributed by atoms with E-state index in [4.69, 9.17) is 0 Å². The summed E-state index contributed by atoms with van der Waals surface area (Å²) in [4.78, 5) is 37.5. The molecule has 0 fully saturated rings. The summed E-state index contributed by atoms with van der Waals surface area (Å²) in [6.07, 6.45) is 0. The molecular formula is C27H17NO5S. The van der Waals surface area contributed by atoms with Crippen LogP contribution in [0.1, 0.15) is 26.7 Å². The monoisotopic (exact) mass is 467 g/mol. The Balaban J connectivity index is 1.66. The maximum atomic E-state index is 13.2. The lowest BCUT2D eigenvalue weighted by Crippen LogP contribution is -2.26. The molecule has 0 heterocycles. The average Bonchev–Trinajstić information content (AvgIpc) is 2.87. The molecule has 1 N–H and O–H groups in total. The maximum absolute atomic E-state index is 13.2. The third kappa shape index (κ3) is 3.76. The van der Waals surface area contributed by atoms with Crippen molar-refractivity contribution in [1.82, 2.24) is 0 Å². The van der Waals surface area contributed by atoms with E-state index in [0.29, 0.717) is 11.1 Å². The van der Waals surface area contributed by atoms with Gasteiger partial charge in [0.2, 0.25) is 11.6 Å². The summed E-state index contributed by atoms with van der Waals surface area (Å²) in [5.41, 5.74) is 0.898. The first-order valence-electron chi connectivity index (χ1n) is 10.5. The zero-order chi connectivity index (χ0) is 23.8. The van der Waals surface area contributed by atoms with Gasteiger partial charge in [-0.15, -0.1) is 11.8 Å². The molecule has 1 unspecified atom stereocenters. The van der Waals surface area contributed by atoms with Crippen LogP contribution in [0.5, 0.6) is 0 Å². The van der Waals surface area contributed by atoms with E-state index in [1.807, 2.05) is 42.5 Å². The third-order valence-electron chi connectivity index (χ3n) is 5.78. The molecule has 0 spiro atoms. The molecule has 0 radical (unpaired) electrons. The Morgan fingerprint density at radius 3 is 2.12 bits per heavy atom. The summed E-state index contributed by atoms with van der Waals surface area (Å²) in [7, 11) is 0. The molecule has 0 amide bonds. The van der Waals surface area contributed by atoms with Crippen molar-refractivity contribution in [3.63, 3.8) is 0 Å². The largest absolute Gasteiger partial charge is 0.507 e. The molecule has 7 heteroatoms. The second kappa shape index (κ2) is 8.61. The summed E-state index contributed by atoms with van der Waals surface area (Å²) in [5, 5.41) is 23.6. The number of hydrogen-bond donors (Lipinski definition) is 1. The van der Waals surface area contributed by atoms with E-state index in [2.05, 4.69) is 0 Å². The Kier molecular flexibility index (Phi) is 5.47. The zero-order valence-corrected chi connectivity index (χ0v) is 18.5. The van der Waals surface area contributed by atoms with Gasteiger partial charge in [0.1, 0.15) is 5.76 Å². The van der Waals surface area contributed by atoms with Crippen molar-refractivity contribution in [2.45, 2.75) is 10.1 Å². The van der Waals surface area contributed by atoms with Gasteiger partial charge in [0, 0.05) is 28.2 Å². The zero-order valence-electron chi connectivity index (χ0n) is 17.7. The van der Waals surface area contributed by atoms with Crippen LogP contribution < -0.4 is 0 Å². The molecule has 1 aliphatic carbocycles. The predicted molar refractivity (Wildman–Crippen MR) is 131 cm³/mol. The molecule has 0 saturated carbocycles. The van der Waals surface area contributed by atoms with Crippen LogP contribution in [0.25, 0.3) is 16.5 Å². The van der Waals surface area contributed by atoms with Gasteiger partial charge < -0.3 is 5.11 Å². The molecule has 34 heavy (non-hydrogen) atoms. The van der Waals surface area contributed by atoms with Crippen molar-refractivity contribution < 1.29 is 19.6 Å². The first-order valence-corrected chi connectivity index (χ1v) is 11.3. The van der Waals surface area contributed by atoms with Gasteiger partial charge in [0.25, 0.3) is 5.69 Å². The minimum absolute atomic E-state index is 0.0317. The number of nitro groups is 1. The number of nitro benzene ring substituents is 1. The number of benzene rings is 4. The highest BCUT2D eigenvalue weighted by atomic mass is 32.2. The van der Waals surface area contributed by atoms with E-state index < -0.39 is 21.7 Å². The molecule has 0 aliphatic heterocycles. The summed E-state index contributed by atoms with van der Waals surface area (Å²) in [6, 6.07) is 25.9. The Labute approximate surface area is 198 Å². The lowest BCUT2D eigenvalue weighted by atomic mass is 9.85. The number of aliphatic hydroxyl groups is 1. The summed E-state index contributed by atoms with van der Waals surface area (Å²) < 4.78 is 0. The Morgan fingerprint density at radius 1 is 0.765 bits per heavy atom. The normalized spacial score (nSPS) is 14.2. The summed E-state index contributed by atoms with van der Waals surface area (Å²) in [5.74, 6) is -1.72. The van der Waals surface area contributed by atoms with Gasteiger partial charge in [-0.3, -0.25) is 19.7 Å². The number of thioether (sulfide) groups is 1. The van der Waals surface area contributed by atoms with Crippen molar-refractivity contribution in [3.05, 3.63) is 123 Å². The van der Waals surface area contributed by atoms with Crippen molar-refractivity contribution in [2.24, 2.45) is 0 Å². The minimum Gasteiger partial charge on any atom is -0.507 e. The first kappa shape index (κ1) is 21.6. The predicted octanol–water partition coefficient (Wildman–Crippen LogP) is 6.32. The van der Waals surface area contributed by atoms with Gasteiger partial charge in [-0.25, -0.2) is 0 Å². The van der Waals surface area contributed by atoms with Gasteiger partial charge in [-0.1, -0.05) is 66.7 Å². The fourth-order valence-electron chi connectivity index (χ4n) is 4.07. The number of fused-ring (bicyclic) bond motifs is 2. The second-order valence-corrected chi connectivity index (χ2v) is 9.00. The smallest absolute Gasteiger partial charge is 0.269 e. The molecule has 6 nitrogen and oxygen atoms in total. The highest BCUT2D eigenvalue weighted by molar-refractivity contribution is 7.99. The number of nitrogens with zero attached hydrogens (tertiary/aromatic N) is 1. The first-order chi connectivity index (χ1) is 16.4. The van der Waals surface area contributed by atoms with Crippen molar-refractivity contribution in [1.29, 1.82) is 0 Å². The molecule has 0 aromatic heterocycles. The highest BCUT2D eigenvalue weighted by Gasteiger charge is 2.38.